The molecule has 9 aromatic rings. The summed E-state index contributed by atoms with van der Waals surface area (Å²) in [5.41, 5.74) is 39.4. The summed E-state index contributed by atoms with van der Waals surface area (Å²) in [6.45, 7) is 10.6. The van der Waals surface area contributed by atoms with Crippen LogP contribution in [-0.2, 0) is 46.5 Å². The molecule has 0 atom stereocenters. The van der Waals surface area contributed by atoms with E-state index in [2.05, 4.69) is 55.4 Å². The number of aliphatic hydroxyl groups excluding tert-OH is 1. The summed E-state index contributed by atoms with van der Waals surface area (Å²) in [5.74, 6) is 6.83. The molecule has 0 radical (unpaired) electrons. The van der Waals surface area contributed by atoms with Gasteiger partial charge >= 0.3 is 0 Å². The summed E-state index contributed by atoms with van der Waals surface area (Å²) >= 11 is 9.44. The van der Waals surface area contributed by atoms with Crippen LogP contribution in [0.4, 0.5) is 35.0 Å². The molecule has 9 rings (SSSR count). The molecule has 0 fully saturated rings. The Labute approximate surface area is 572 Å². The Morgan fingerprint density at radius 2 is 0.979 bits per heavy atom. The molecule has 94 heavy (non-hydrogen) atoms. The van der Waals surface area contributed by atoms with E-state index in [1.54, 1.807) is 68.1 Å². The van der Waals surface area contributed by atoms with Gasteiger partial charge in [0.05, 0.1) is 49.8 Å². The highest BCUT2D eigenvalue weighted by atomic mass is 32.2. The van der Waals surface area contributed by atoms with Crippen molar-refractivity contribution in [1.82, 2.24) is 49.6 Å². The van der Waals surface area contributed by atoms with Gasteiger partial charge in [-0.2, -0.15) is 4.98 Å². The lowest BCUT2D eigenvalue weighted by Crippen LogP contribution is -2.27. The second kappa shape index (κ2) is 35.8. The van der Waals surface area contributed by atoms with E-state index < -0.39 is 15.6 Å². The molecule has 0 saturated heterocycles. The first-order valence-corrected chi connectivity index (χ1v) is 36.9. The summed E-state index contributed by atoms with van der Waals surface area (Å²) in [4.78, 5) is 43.4. The summed E-state index contributed by atoms with van der Waals surface area (Å²) in [6, 6.07) is 23.8. The normalized spacial score (nSPS) is 11.3. The summed E-state index contributed by atoms with van der Waals surface area (Å²) < 4.78 is 52.6. The Bertz CT molecular complexity index is 3980. The third-order valence-electron chi connectivity index (χ3n) is 12.6. The number of thioether (sulfide) groups is 3. The highest BCUT2D eigenvalue weighted by molar-refractivity contribution is 7.98. The van der Waals surface area contributed by atoms with Gasteiger partial charge in [-0.05, 0) is 81.6 Å². The molecule has 0 aliphatic rings. The van der Waals surface area contributed by atoms with E-state index in [0.717, 1.165) is 98.6 Å². The topological polar surface area (TPSA) is 405 Å². The molecule has 6 heterocycles. The van der Waals surface area contributed by atoms with Crippen molar-refractivity contribution in [2.45, 2.75) is 111 Å². The van der Waals surface area contributed by atoms with Gasteiger partial charge in [0.2, 0.25) is 16.0 Å². The number of aromatic nitrogens is 9. The Hall–Kier alpha value is -7.53. The first kappa shape index (κ1) is 73.9. The van der Waals surface area contributed by atoms with Crippen LogP contribution in [0.3, 0.4) is 0 Å². The average Bonchev–Trinajstić information content (AvgIpc) is 1.98. The number of rotatable bonds is 31. The number of hydrogen-bond donors (Lipinski definition) is 9. The van der Waals surface area contributed by atoms with E-state index in [1.807, 2.05) is 60.7 Å². The van der Waals surface area contributed by atoms with Gasteiger partial charge in [-0.25, -0.2) is 53.0 Å². The number of methoxy groups -OCH3 is 2. The number of sulfonamides is 1. The highest BCUT2D eigenvalue weighted by Gasteiger charge is 2.21. The van der Waals surface area contributed by atoms with Crippen LogP contribution >= 0.6 is 69.3 Å². The zero-order valence-corrected chi connectivity index (χ0v) is 59.2. The van der Waals surface area contributed by atoms with Crippen molar-refractivity contribution in [2.75, 3.05) is 87.8 Å². The zero-order valence-electron chi connectivity index (χ0n) is 53.5. The zero-order chi connectivity index (χ0) is 68.0. The standard InChI is InChI=1S/C22H29N5O3S2.C20H26N6O3S3.C20H25N5O3S2/c1-5-6-17-14(11-31-21-26-18(23)10-19(24)27-21)25-20(32-17)13-7-8-15(29-4)16(9-13)30-12-22(2,3)28;1-3-5-16-15(12-30-20-25-17(21)11-18(22)26-20)24-19(31-16)13-6-4-7-14(10-13)29-9-8-23-32(2,27)28;1-3-4-16-13(11-29-18-10-17(21)24-20(22)25-18)23-19(30-16)12-5-6-14(27-2)15(9-12)28-8-7-26/h7-10,28H,5-6,11-12H2,1-4H3,(H4,23,24,26,27);4,6-7,10-11,23H,3,5,8-9,12H2,1-2H3,(H4,21,22,25,26);5-6,9-10,26H,3-4,7-8,11H2,1-2H3,(H4,21,22,24,25). The van der Waals surface area contributed by atoms with E-state index in [1.165, 1.54) is 62.0 Å². The molecular weight excluding hydrogens is 1340 g/mol. The number of nitrogens with two attached hydrogens (primary N) is 6. The molecule has 15 N–H and O–H groups in total. The number of hydrogen-bond acceptors (Lipinski definition) is 30. The molecule has 0 unspecified atom stereocenters. The molecule has 3 aromatic carbocycles. The fourth-order valence-corrected chi connectivity index (χ4v) is 15.3. The Morgan fingerprint density at radius 3 is 1.40 bits per heavy atom. The van der Waals surface area contributed by atoms with Crippen LogP contribution in [0.1, 0.15) is 85.6 Å². The Kier molecular flexibility index (Phi) is 28.2. The molecule has 0 aliphatic carbocycles. The Balaban J connectivity index is 0.000000200. The van der Waals surface area contributed by atoms with Crippen LogP contribution in [0.25, 0.3) is 31.7 Å². The Morgan fingerprint density at radius 1 is 0.532 bits per heavy atom. The fourth-order valence-electron chi connectivity index (χ4n) is 8.49. The molecule has 0 bridgehead atoms. The van der Waals surface area contributed by atoms with Crippen molar-refractivity contribution in [3.05, 3.63) is 111 Å². The van der Waals surface area contributed by atoms with Gasteiger partial charge in [-0.3, -0.25) is 0 Å². The maximum Gasteiger partial charge on any atom is 0.223 e. The van der Waals surface area contributed by atoms with E-state index in [-0.39, 0.29) is 38.9 Å². The van der Waals surface area contributed by atoms with Gasteiger partial charge in [0.1, 0.15) is 74.7 Å². The van der Waals surface area contributed by atoms with Gasteiger partial charge in [0, 0.05) is 73.3 Å². The summed E-state index contributed by atoms with van der Waals surface area (Å²) in [7, 11) is -0.0495. The van der Waals surface area contributed by atoms with Gasteiger partial charge in [0.15, 0.2) is 33.3 Å². The first-order valence-electron chi connectivity index (χ1n) is 29.6. The van der Waals surface area contributed by atoms with Crippen LogP contribution < -0.4 is 62.8 Å². The van der Waals surface area contributed by atoms with Gasteiger partial charge in [-0.1, -0.05) is 87.5 Å². The number of aliphatic hydroxyl groups is 2. The summed E-state index contributed by atoms with van der Waals surface area (Å²) in [6.07, 6.45) is 6.99. The number of benzene rings is 3. The van der Waals surface area contributed by atoms with Gasteiger partial charge in [0.25, 0.3) is 0 Å². The maximum atomic E-state index is 11.2. The number of nitrogens with zero attached hydrogens (tertiary/aromatic N) is 9. The van der Waals surface area contributed by atoms with E-state index in [4.69, 9.17) is 78.1 Å². The van der Waals surface area contributed by atoms with Crippen molar-refractivity contribution in [1.29, 1.82) is 0 Å². The van der Waals surface area contributed by atoms with Crippen LogP contribution in [-0.4, -0.2) is 123 Å². The lowest BCUT2D eigenvalue weighted by molar-refractivity contribution is 0.0276. The van der Waals surface area contributed by atoms with E-state index >= 15 is 0 Å². The molecule has 0 aliphatic heterocycles. The van der Waals surface area contributed by atoms with Crippen LogP contribution in [0, 0.1) is 0 Å². The van der Waals surface area contributed by atoms with Crippen LogP contribution in [0.5, 0.6) is 28.7 Å². The summed E-state index contributed by atoms with van der Waals surface area (Å²) in [5, 5.41) is 23.6. The quantitative estimate of drug-likeness (QED) is 0.00843. The maximum absolute atomic E-state index is 11.2. The molecule has 0 amide bonds. The van der Waals surface area contributed by atoms with Gasteiger partial charge in [-0.15, -0.1) is 34.0 Å². The molecule has 6 aromatic heterocycles. The van der Waals surface area contributed by atoms with Crippen molar-refractivity contribution in [2.24, 2.45) is 0 Å². The van der Waals surface area contributed by atoms with Gasteiger partial charge < -0.3 is 68.3 Å². The second-order valence-electron chi connectivity index (χ2n) is 21.2. The van der Waals surface area contributed by atoms with Crippen molar-refractivity contribution >= 4 is 114 Å². The lowest BCUT2D eigenvalue weighted by atomic mass is 10.1. The monoisotopic (exact) mass is 1420 g/mol. The van der Waals surface area contributed by atoms with Crippen LogP contribution in [0.2, 0.25) is 0 Å². The third kappa shape index (κ3) is 23.4. The van der Waals surface area contributed by atoms with Crippen molar-refractivity contribution in [3.63, 3.8) is 0 Å². The molecule has 25 nitrogen and oxygen atoms in total. The highest BCUT2D eigenvalue weighted by Crippen LogP contribution is 2.40. The van der Waals surface area contributed by atoms with E-state index in [0.29, 0.717) is 85.4 Å². The minimum absolute atomic E-state index is 0.0648. The molecule has 0 saturated carbocycles. The number of anilines is 6. The smallest absolute Gasteiger partial charge is 0.223 e. The number of aryl methyl sites for hydroxylation is 3. The predicted molar refractivity (Wildman–Crippen MR) is 382 cm³/mol. The van der Waals surface area contributed by atoms with Crippen molar-refractivity contribution < 1.29 is 42.3 Å². The van der Waals surface area contributed by atoms with Crippen molar-refractivity contribution in [3.8, 4) is 60.5 Å². The largest absolute Gasteiger partial charge is 0.493 e. The van der Waals surface area contributed by atoms with Crippen LogP contribution in [0.15, 0.2) is 94.2 Å². The lowest BCUT2D eigenvalue weighted by Gasteiger charge is -2.19. The average molecular weight is 1420 g/mol. The molecule has 32 heteroatoms. The minimum atomic E-state index is -3.23. The molecule has 504 valence electrons. The molecule has 0 spiro atoms. The number of ether oxygens (including phenoxy) is 5. The third-order valence-corrected chi connectivity index (χ3v) is 19.6. The first-order chi connectivity index (χ1) is 44.9. The SMILES string of the molecule is CCCc1sc(-c2ccc(OC)c(OCC(C)(C)O)c2)nc1CSc1nc(N)cc(N)n1.CCCc1sc(-c2ccc(OC)c(OCCO)c2)nc1CSc1cc(N)nc(N)n1.CCCc1sc(-c2cccc(OCCNS(C)(=O)=O)c2)nc1CSc1nc(N)cc(N)n1. The predicted octanol–water partition coefficient (Wildman–Crippen LogP) is 10.5. The fraction of sp³-hybridized carbons (Fsp3) is 0.371. The number of nitrogens with one attached hydrogen (secondary N) is 1. The minimum Gasteiger partial charge on any atom is -0.493 e. The second-order valence-corrected chi connectivity index (χ2v) is 29.2. The molecular formula is C62H80N16O9S7. The number of thiazole rings is 3. The number of nitrogen functional groups attached to an aromatic ring is 6. The van der Waals surface area contributed by atoms with E-state index in [9.17, 15) is 13.5 Å².